The number of hydrogen-bond donors (Lipinski definition) is 4. The molecule has 4 N–H and O–H groups in total. The Morgan fingerprint density at radius 1 is 0.810 bits per heavy atom. The van der Waals surface area contributed by atoms with Crippen molar-refractivity contribution in [3.8, 4) is 17.2 Å². The topological polar surface area (TPSA) is 139 Å². The summed E-state index contributed by atoms with van der Waals surface area (Å²) in [5.41, 5.74) is 1.84. The van der Waals surface area contributed by atoms with Gasteiger partial charge in [-0.05, 0) is 48.0 Å². The van der Waals surface area contributed by atoms with E-state index in [-0.39, 0.29) is 12.2 Å². The zero-order valence-corrected chi connectivity index (χ0v) is 23.6. The normalized spacial score (nSPS) is 13.0. The summed E-state index contributed by atoms with van der Waals surface area (Å²) in [4.78, 5) is 40.0. The minimum Gasteiger partial charge on any atom is -0.495 e. The predicted molar refractivity (Wildman–Crippen MR) is 158 cm³/mol. The lowest BCUT2D eigenvalue weighted by Crippen LogP contribution is -2.38. The Morgan fingerprint density at radius 3 is 2.33 bits per heavy atom. The number of hydrogen-bond acceptors (Lipinski definition) is 8. The van der Waals surface area contributed by atoms with Crippen molar-refractivity contribution in [1.29, 1.82) is 0 Å². The maximum absolute atomic E-state index is 12.6. The molecular weight excluding hydrogens is 542 g/mol. The fourth-order valence-corrected chi connectivity index (χ4v) is 4.22. The maximum Gasteiger partial charge on any atom is 0.323 e. The number of carbonyl (C=O) groups is 3. The Kier molecular flexibility index (Phi) is 11.0. The SMILES string of the molecule is COc1ccccc1NC(=O)Nc1cc(NC(=O)C(=O)NCc2cccc(OCCN3CCOCC3)c2)ccc1OC. The molecule has 0 radical (unpaired) electrons. The molecule has 42 heavy (non-hydrogen) atoms. The van der Waals surface area contributed by atoms with E-state index in [2.05, 4.69) is 26.2 Å². The third-order valence-electron chi connectivity index (χ3n) is 6.40. The van der Waals surface area contributed by atoms with E-state index in [4.69, 9.17) is 18.9 Å². The van der Waals surface area contributed by atoms with Gasteiger partial charge >= 0.3 is 17.8 Å². The lowest BCUT2D eigenvalue weighted by atomic mass is 10.2. The molecule has 0 spiro atoms. The average molecular weight is 578 g/mol. The largest absolute Gasteiger partial charge is 0.495 e. The van der Waals surface area contributed by atoms with Gasteiger partial charge in [0.2, 0.25) is 0 Å². The second-order valence-electron chi connectivity index (χ2n) is 9.28. The van der Waals surface area contributed by atoms with Gasteiger partial charge < -0.3 is 40.2 Å². The molecule has 3 aromatic carbocycles. The van der Waals surface area contributed by atoms with E-state index in [1.165, 1.54) is 20.3 Å². The van der Waals surface area contributed by atoms with Crippen molar-refractivity contribution < 1.29 is 33.3 Å². The Morgan fingerprint density at radius 2 is 1.55 bits per heavy atom. The van der Waals surface area contributed by atoms with Crippen LogP contribution >= 0.6 is 0 Å². The number of rotatable bonds is 11. The average Bonchev–Trinajstić information content (AvgIpc) is 3.01. The van der Waals surface area contributed by atoms with Gasteiger partial charge in [0.25, 0.3) is 0 Å². The fraction of sp³-hybridized carbons (Fsp3) is 0.300. The maximum atomic E-state index is 12.6. The highest BCUT2D eigenvalue weighted by Crippen LogP contribution is 2.29. The standard InChI is InChI=1S/C30H35N5O7/c1-39-26-9-4-3-8-24(26)33-30(38)34-25-19-22(10-11-27(25)40-2)32-29(37)28(36)31-20-21-6-5-7-23(18-21)42-17-14-35-12-15-41-16-13-35/h3-11,18-19H,12-17,20H2,1-2H3,(H,31,36)(H,32,37)(H2,33,34,38). The first-order valence-electron chi connectivity index (χ1n) is 13.4. The van der Waals surface area contributed by atoms with Crippen LogP contribution in [0.1, 0.15) is 5.56 Å². The lowest BCUT2D eigenvalue weighted by Gasteiger charge is -2.26. The number of para-hydroxylation sites is 2. The minimum absolute atomic E-state index is 0.144. The molecule has 1 aliphatic heterocycles. The van der Waals surface area contributed by atoms with E-state index in [1.807, 2.05) is 24.3 Å². The molecule has 1 fully saturated rings. The van der Waals surface area contributed by atoms with Crippen molar-refractivity contribution in [2.24, 2.45) is 0 Å². The van der Waals surface area contributed by atoms with Crippen LogP contribution in [0.5, 0.6) is 17.2 Å². The molecule has 4 rings (SSSR count). The number of amides is 4. The van der Waals surface area contributed by atoms with Crippen LogP contribution < -0.4 is 35.5 Å². The van der Waals surface area contributed by atoms with Gasteiger partial charge in [-0.25, -0.2) is 4.79 Å². The van der Waals surface area contributed by atoms with Crippen LogP contribution in [0.4, 0.5) is 21.9 Å². The van der Waals surface area contributed by atoms with Gasteiger partial charge in [-0.3, -0.25) is 14.5 Å². The molecule has 1 aliphatic rings. The number of methoxy groups -OCH3 is 2. The summed E-state index contributed by atoms with van der Waals surface area (Å²) in [6.45, 7) is 4.75. The van der Waals surface area contributed by atoms with Crippen LogP contribution in [0.15, 0.2) is 66.7 Å². The number of anilines is 3. The monoisotopic (exact) mass is 577 g/mol. The first-order valence-corrected chi connectivity index (χ1v) is 13.4. The first-order chi connectivity index (χ1) is 20.4. The molecule has 0 aliphatic carbocycles. The molecule has 222 valence electrons. The van der Waals surface area contributed by atoms with Crippen molar-refractivity contribution in [1.82, 2.24) is 10.2 Å². The molecular formula is C30H35N5O7. The molecule has 0 atom stereocenters. The number of nitrogens with one attached hydrogen (secondary N) is 4. The van der Waals surface area contributed by atoms with E-state index in [0.29, 0.717) is 35.2 Å². The zero-order chi connectivity index (χ0) is 29.7. The smallest absolute Gasteiger partial charge is 0.323 e. The van der Waals surface area contributed by atoms with Crippen LogP contribution in [0.3, 0.4) is 0 Å². The number of benzene rings is 3. The fourth-order valence-electron chi connectivity index (χ4n) is 4.22. The molecule has 4 amide bonds. The van der Waals surface area contributed by atoms with E-state index in [9.17, 15) is 14.4 Å². The van der Waals surface area contributed by atoms with Crippen molar-refractivity contribution >= 4 is 34.9 Å². The van der Waals surface area contributed by atoms with Crippen molar-refractivity contribution in [2.45, 2.75) is 6.54 Å². The molecule has 1 heterocycles. The second kappa shape index (κ2) is 15.3. The van der Waals surface area contributed by atoms with Crippen LogP contribution in [0.2, 0.25) is 0 Å². The van der Waals surface area contributed by atoms with Gasteiger partial charge in [0.1, 0.15) is 23.9 Å². The number of carbonyl (C=O) groups excluding carboxylic acids is 3. The predicted octanol–water partition coefficient (Wildman–Crippen LogP) is 3.31. The lowest BCUT2D eigenvalue weighted by molar-refractivity contribution is -0.136. The van der Waals surface area contributed by atoms with Gasteiger partial charge in [-0.15, -0.1) is 0 Å². The molecule has 3 aromatic rings. The molecule has 0 unspecified atom stereocenters. The van der Waals surface area contributed by atoms with Gasteiger partial charge in [0, 0.05) is 31.9 Å². The van der Waals surface area contributed by atoms with Crippen molar-refractivity contribution in [3.63, 3.8) is 0 Å². The summed E-state index contributed by atoms with van der Waals surface area (Å²) >= 11 is 0. The molecule has 0 aromatic heterocycles. The second-order valence-corrected chi connectivity index (χ2v) is 9.28. The molecule has 0 saturated carbocycles. The van der Waals surface area contributed by atoms with Crippen molar-refractivity contribution in [3.05, 3.63) is 72.3 Å². The Labute approximate surface area is 244 Å². The third kappa shape index (κ3) is 8.85. The number of nitrogens with zero attached hydrogens (tertiary/aromatic N) is 1. The van der Waals surface area contributed by atoms with Gasteiger partial charge in [-0.2, -0.15) is 0 Å². The highest BCUT2D eigenvalue weighted by atomic mass is 16.5. The van der Waals surface area contributed by atoms with Crippen LogP contribution in [-0.4, -0.2) is 76.4 Å². The van der Waals surface area contributed by atoms with E-state index >= 15 is 0 Å². The Bertz CT molecular complexity index is 1380. The summed E-state index contributed by atoms with van der Waals surface area (Å²) in [5.74, 6) is -0.128. The summed E-state index contributed by atoms with van der Waals surface area (Å²) in [6, 6.07) is 18.4. The first kappa shape index (κ1) is 30.2. The molecule has 12 heteroatoms. The van der Waals surface area contributed by atoms with E-state index in [0.717, 1.165) is 38.4 Å². The van der Waals surface area contributed by atoms with Crippen molar-refractivity contribution in [2.75, 3.05) is 69.6 Å². The number of ether oxygens (including phenoxy) is 4. The third-order valence-corrected chi connectivity index (χ3v) is 6.40. The Hall–Kier alpha value is -4.81. The molecule has 12 nitrogen and oxygen atoms in total. The Balaban J connectivity index is 1.28. The van der Waals surface area contributed by atoms with E-state index in [1.54, 1.807) is 36.4 Å². The van der Waals surface area contributed by atoms with Crippen LogP contribution in [0, 0.1) is 0 Å². The molecule has 0 bridgehead atoms. The quantitative estimate of drug-likeness (QED) is 0.255. The summed E-state index contributed by atoms with van der Waals surface area (Å²) < 4.78 is 21.8. The van der Waals surface area contributed by atoms with E-state index < -0.39 is 17.8 Å². The number of morpholine rings is 1. The zero-order valence-electron chi connectivity index (χ0n) is 23.6. The highest BCUT2D eigenvalue weighted by Gasteiger charge is 2.16. The number of urea groups is 1. The van der Waals surface area contributed by atoms with Crippen LogP contribution in [-0.2, 0) is 20.9 Å². The molecule has 1 saturated heterocycles. The highest BCUT2D eigenvalue weighted by molar-refractivity contribution is 6.39. The van der Waals surface area contributed by atoms with Crippen LogP contribution in [0.25, 0.3) is 0 Å². The summed E-state index contributed by atoms with van der Waals surface area (Å²) in [6.07, 6.45) is 0. The summed E-state index contributed by atoms with van der Waals surface area (Å²) in [7, 11) is 2.96. The van der Waals surface area contributed by atoms with Gasteiger partial charge in [0.05, 0.1) is 38.8 Å². The minimum atomic E-state index is -0.859. The van der Waals surface area contributed by atoms with Gasteiger partial charge in [0.15, 0.2) is 0 Å². The summed E-state index contributed by atoms with van der Waals surface area (Å²) in [5, 5.41) is 10.6. The van der Waals surface area contributed by atoms with Gasteiger partial charge in [-0.1, -0.05) is 24.3 Å².